The predicted molar refractivity (Wildman–Crippen MR) is 103 cm³/mol. The highest BCUT2D eigenvalue weighted by molar-refractivity contribution is 6.45. The largest absolute Gasteiger partial charge is 0.497 e. The van der Waals surface area contributed by atoms with Crippen molar-refractivity contribution < 1.29 is 9.53 Å². The Morgan fingerprint density at radius 2 is 1.81 bits per heavy atom. The Morgan fingerprint density at radius 1 is 1.07 bits per heavy atom. The third-order valence-corrected chi connectivity index (χ3v) is 4.87. The smallest absolute Gasteiger partial charge is 0.287 e. The van der Waals surface area contributed by atoms with Crippen LogP contribution in [0.25, 0.3) is 0 Å². The Bertz CT molecular complexity index is 904. The number of fused-ring (bicyclic) bond motifs is 1. The summed E-state index contributed by atoms with van der Waals surface area (Å²) in [4.78, 5) is 16.6. The lowest BCUT2D eigenvalue weighted by atomic mass is 10.1. The van der Waals surface area contributed by atoms with Crippen LogP contribution in [0.4, 0.5) is 11.4 Å². The Labute approximate surface area is 157 Å². The van der Waals surface area contributed by atoms with Gasteiger partial charge in [0.05, 0.1) is 19.3 Å². The third-order valence-electron chi connectivity index (χ3n) is 4.87. The summed E-state index contributed by atoms with van der Waals surface area (Å²) in [5, 5.41) is 15.5. The van der Waals surface area contributed by atoms with Crippen molar-refractivity contribution >= 4 is 23.0 Å². The Kier molecular flexibility index (Phi) is 4.38. The number of rotatable bonds is 3. The maximum Gasteiger partial charge on any atom is 0.287 e. The van der Waals surface area contributed by atoms with Gasteiger partial charge >= 0.3 is 0 Å². The zero-order valence-corrected chi connectivity index (χ0v) is 14.9. The molecular formula is C20H19N5O2. The third kappa shape index (κ3) is 3.06. The Hall–Kier alpha value is -3.53. The summed E-state index contributed by atoms with van der Waals surface area (Å²) < 4.78 is 5.22. The Balaban J connectivity index is 1.69. The van der Waals surface area contributed by atoms with Crippen molar-refractivity contribution in [1.29, 1.82) is 5.26 Å². The molecule has 2 heterocycles. The van der Waals surface area contributed by atoms with Crippen LogP contribution in [0.3, 0.4) is 0 Å². The van der Waals surface area contributed by atoms with Crippen LogP contribution in [0.5, 0.6) is 5.75 Å². The van der Waals surface area contributed by atoms with Gasteiger partial charge in [0, 0.05) is 18.8 Å². The Morgan fingerprint density at radius 3 is 2.48 bits per heavy atom. The van der Waals surface area contributed by atoms with Crippen molar-refractivity contribution in [3.8, 4) is 11.8 Å². The first-order valence-electron chi connectivity index (χ1n) is 8.74. The molecule has 0 bridgehead atoms. The lowest BCUT2D eigenvalue weighted by Crippen LogP contribution is -2.64. The zero-order chi connectivity index (χ0) is 18.8. The van der Waals surface area contributed by atoms with Crippen LogP contribution in [0, 0.1) is 11.3 Å². The molecule has 0 aromatic heterocycles. The summed E-state index contributed by atoms with van der Waals surface area (Å²) in [7, 11) is 1.61. The molecule has 1 amide bonds. The fraction of sp³-hybridized carbons (Fsp3) is 0.250. The molecule has 2 aromatic carbocycles. The van der Waals surface area contributed by atoms with E-state index in [0.29, 0.717) is 19.6 Å². The normalized spacial score (nSPS) is 19.3. The number of carbonyl (C=O) groups is 1. The summed E-state index contributed by atoms with van der Waals surface area (Å²) in [5.74, 6) is 0.433. The summed E-state index contributed by atoms with van der Waals surface area (Å²) in [6.45, 7) is 1.84. The fourth-order valence-electron chi connectivity index (χ4n) is 3.47. The molecule has 0 spiro atoms. The summed E-state index contributed by atoms with van der Waals surface area (Å²) in [6.07, 6.45) is -0.281. The average Bonchev–Trinajstić information content (AvgIpc) is 2.74. The molecule has 0 saturated carbocycles. The summed E-state index contributed by atoms with van der Waals surface area (Å²) in [5.41, 5.74) is 1.82. The molecule has 0 aliphatic carbocycles. The van der Waals surface area contributed by atoms with E-state index in [1.807, 2.05) is 48.5 Å². The standard InChI is InChI=1S/C20H19N5O2/c1-27-17-9-7-16(8-10-17)25-19-14-23(15-5-3-2-4-6-15)11-12-24(19)20(26)18(13-21)22-25/h2-10,19H,11-12,14H2,1H3/t19-/m0/s1. The number of piperazine rings is 1. The lowest BCUT2D eigenvalue weighted by Gasteiger charge is -2.47. The van der Waals surface area contributed by atoms with Crippen molar-refractivity contribution in [2.24, 2.45) is 5.10 Å². The van der Waals surface area contributed by atoms with Gasteiger partial charge in [0.15, 0.2) is 0 Å². The number of ether oxygens (including phenoxy) is 1. The monoisotopic (exact) mass is 361 g/mol. The molecule has 1 saturated heterocycles. The summed E-state index contributed by atoms with van der Waals surface area (Å²) in [6, 6.07) is 19.5. The molecule has 7 heteroatoms. The van der Waals surface area contributed by atoms with E-state index in [2.05, 4.69) is 22.1 Å². The first-order valence-corrected chi connectivity index (χ1v) is 8.74. The van der Waals surface area contributed by atoms with Crippen LogP contribution in [0.1, 0.15) is 0 Å². The van der Waals surface area contributed by atoms with Gasteiger partial charge in [0.25, 0.3) is 5.91 Å². The van der Waals surface area contributed by atoms with E-state index in [9.17, 15) is 10.1 Å². The molecule has 2 aliphatic heterocycles. The number of nitrogens with zero attached hydrogens (tertiary/aromatic N) is 5. The fourth-order valence-corrected chi connectivity index (χ4v) is 3.47. The molecule has 27 heavy (non-hydrogen) atoms. The number of para-hydroxylation sites is 1. The molecular weight excluding hydrogens is 342 g/mol. The van der Waals surface area contributed by atoms with E-state index >= 15 is 0 Å². The molecule has 2 aliphatic rings. The molecule has 4 rings (SSSR count). The minimum atomic E-state index is -0.306. The van der Waals surface area contributed by atoms with Crippen molar-refractivity contribution in [2.75, 3.05) is 36.7 Å². The lowest BCUT2D eigenvalue weighted by molar-refractivity contribution is -0.127. The molecule has 136 valence electrons. The van der Waals surface area contributed by atoms with Crippen molar-refractivity contribution in [3.05, 3.63) is 54.6 Å². The molecule has 1 atom stereocenters. The van der Waals surface area contributed by atoms with E-state index in [0.717, 1.165) is 17.1 Å². The molecule has 7 nitrogen and oxygen atoms in total. The van der Waals surface area contributed by atoms with Gasteiger partial charge < -0.3 is 14.5 Å². The van der Waals surface area contributed by atoms with Gasteiger partial charge in [-0.15, -0.1) is 0 Å². The van der Waals surface area contributed by atoms with E-state index in [-0.39, 0.29) is 17.8 Å². The number of hydrogen-bond donors (Lipinski definition) is 0. The van der Waals surface area contributed by atoms with E-state index in [1.54, 1.807) is 17.0 Å². The van der Waals surface area contributed by atoms with Crippen LogP contribution in [0.15, 0.2) is 59.7 Å². The van der Waals surface area contributed by atoms with E-state index in [4.69, 9.17) is 4.74 Å². The van der Waals surface area contributed by atoms with Gasteiger partial charge in [-0.1, -0.05) is 18.2 Å². The molecule has 0 radical (unpaired) electrons. The van der Waals surface area contributed by atoms with E-state index < -0.39 is 0 Å². The first-order chi connectivity index (χ1) is 13.2. The van der Waals surface area contributed by atoms with Crippen molar-refractivity contribution in [1.82, 2.24) is 4.90 Å². The number of hydrogen-bond acceptors (Lipinski definition) is 6. The van der Waals surface area contributed by atoms with Crippen molar-refractivity contribution in [3.63, 3.8) is 0 Å². The van der Waals surface area contributed by atoms with Gasteiger partial charge in [0.2, 0.25) is 5.71 Å². The average molecular weight is 361 g/mol. The molecule has 0 N–H and O–H groups in total. The summed E-state index contributed by atoms with van der Waals surface area (Å²) >= 11 is 0. The molecule has 1 fully saturated rings. The number of carbonyl (C=O) groups excluding carboxylic acids is 1. The number of hydrazone groups is 1. The maximum absolute atomic E-state index is 12.6. The van der Waals surface area contributed by atoms with Crippen molar-refractivity contribution in [2.45, 2.75) is 6.17 Å². The molecule has 0 unspecified atom stereocenters. The second kappa shape index (κ2) is 7.00. The molecule has 2 aromatic rings. The van der Waals surface area contributed by atoms with Gasteiger partial charge in [-0.05, 0) is 36.4 Å². The highest BCUT2D eigenvalue weighted by atomic mass is 16.5. The van der Waals surface area contributed by atoms with Gasteiger partial charge in [0.1, 0.15) is 18.0 Å². The SMILES string of the molecule is COc1ccc(N2N=C(C#N)C(=O)N3CCN(c4ccccc4)C[C@@H]32)cc1. The van der Waals surface area contributed by atoms with Gasteiger partial charge in [-0.2, -0.15) is 10.4 Å². The second-order valence-electron chi connectivity index (χ2n) is 6.36. The minimum absolute atomic E-state index is 0.0878. The van der Waals surface area contributed by atoms with Crippen LogP contribution in [-0.2, 0) is 4.79 Å². The zero-order valence-electron chi connectivity index (χ0n) is 14.9. The number of nitriles is 1. The highest BCUT2D eigenvalue weighted by Crippen LogP contribution is 2.29. The van der Waals surface area contributed by atoms with Crippen LogP contribution in [-0.4, -0.2) is 49.4 Å². The van der Waals surface area contributed by atoms with Crippen LogP contribution in [0.2, 0.25) is 0 Å². The predicted octanol–water partition coefficient (Wildman–Crippen LogP) is 2.07. The number of methoxy groups -OCH3 is 1. The second-order valence-corrected chi connectivity index (χ2v) is 6.36. The maximum atomic E-state index is 12.6. The van der Waals surface area contributed by atoms with Gasteiger partial charge in [-0.25, -0.2) is 5.01 Å². The number of amides is 1. The van der Waals surface area contributed by atoms with Crippen LogP contribution >= 0.6 is 0 Å². The quantitative estimate of drug-likeness (QED) is 0.837. The highest BCUT2D eigenvalue weighted by Gasteiger charge is 2.40. The number of benzene rings is 2. The topological polar surface area (TPSA) is 72.2 Å². The first kappa shape index (κ1) is 16.9. The van der Waals surface area contributed by atoms with E-state index in [1.165, 1.54) is 0 Å². The van der Waals surface area contributed by atoms with Crippen LogP contribution < -0.4 is 14.6 Å². The minimum Gasteiger partial charge on any atom is -0.497 e. The van der Waals surface area contributed by atoms with Gasteiger partial charge in [-0.3, -0.25) is 4.79 Å². The number of anilines is 2.